The molecule has 1 aromatic heterocycles. The number of hydrogen-bond acceptors (Lipinski definition) is 3. The fourth-order valence-corrected chi connectivity index (χ4v) is 1.08. The molecule has 0 aliphatic carbocycles. The van der Waals surface area contributed by atoms with Gasteiger partial charge in [-0.3, -0.25) is 9.78 Å². The van der Waals surface area contributed by atoms with E-state index in [2.05, 4.69) is 4.88 Å². The Morgan fingerprint density at radius 1 is 1.67 bits per heavy atom. The second-order valence-electron chi connectivity index (χ2n) is 2.07. The third-order valence-corrected chi connectivity index (χ3v) is 1.87. The molecule has 1 aliphatic rings. The van der Waals surface area contributed by atoms with Crippen LogP contribution in [-0.2, 0) is 0 Å². The Bertz CT molecular complexity index is 475. The first-order chi connectivity index (χ1) is 5.68. The maximum atomic E-state index is 12.6. The standard InChI is InChI=1S/C4H2FN4O2P/c5-2-1-8(9-7-12-9)4(11)6-3(2)10/h1,12H/p+1. The molecule has 0 bridgehead atoms. The summed E-state index contributed by atoms with van der Waals surface area (Å²) in [6, 6.07) is 0. The monoisotopic (exact) mass is 189 g/mol. The highest BCUT2D eigenvalue weighted by Gasteiger charge is 2.28. The fourth-order valence-electron chi connectivity index (χ4n) is 0.696. The number of aromatic amines is 1. The van der Waals surface area contributed by atoms with Gasteiger partial charge in [0.05, 0.1) is 9.46 Å². The average molecular weight is 189 g/mol. The number of nitrogens with one attached hydrogen (secondary N) is 1. The Balaban J connectivity index is 2.71. The van der Waals surface area contributed by atoms with E-state index in [0.717, 1.165) is 10.9 Å². The van der Waals surface area contributed by atoms with Gasteiger partial charge in [0.15, 0.2) is 0 Å². The number of rotatable bonds is 1. The van der Waals surface area contributed by atoms with E-state index >= 15 is 0 Å². The highest BCUT2D eigenvalue weighted by Crippen LogP contribution is 2.29. The number of halogens is 1. The van der Waals surface area contributed by atoms with Crippen LogP contribution in [0.3, 0.4) is 0 Å². The summed E-state index contributed by atoms with van der Waals surface area (Å²) in [5.74, 6) is -0.999. The smallest absolute Gasteiger partial charge is 0.267 e. The van der Waals surface area contributed by atoms with Crippen LogP contribution in [-0.4, -0.2) is 14.2 Å². The molecule has 6 nitrogen and oxygen atoms in total. The average Bonchev–Trinajstić information content (AvgIpc) is 2.79. The first kappa shape index (κ1) is 7.30. The molecule has 0 saturated heterocycles. The first-order valence-corrected chi connectivity index (χ1v) is 3.86. The van der Waals surface area contributed by atoms with Gasteiger partial charge in [0, 0.05) is 0 Å². The lowest BCUT2D eigenvalue weighted by atomic mass is 10.6. The predicted molar refractivity (Wildman–Crippen MR) is 37.7 cm³/mol. The highest BCUT2D eigenvalue weighted by atomic mass is 31.1. The highest BCUT2D eigenvalue weighted by molar-refractivity contribution is 7.32. The van der Waals surface area contributed by atoms with Gasteiger partial charge in [0.1, 0.15) is 6.20 Å². The van der Waals surface area contributed by atoms with Crippen LogP contribution in [0, 0.1) is 5.82 Å². The van der Waals surface area contributed by atoms with E-state index in [1.807, 2.05) is 4.98 Å². The van der Waals surface area contributed by atoms with Gasteiger partial charge < -0.3 is 0 Å². The Hall–Kier alpha value is -1.36. The summed E-state index contributed by atoms with van der Waals surface area (Å²) >= 11 is 0. The van der Waals surface area contributed by atoms with Crippen LogP contribution in [0.2, 0.25) is 0 Å². The molecule has 0 aromatic carbocycles. The number of nitrogens with zero attached hydrogens (tertiary/aromatic N) is 3. The molecule has 0 saturated carbocycles. The minimum Gasteiger partial charge on any atom is -0.267 e. The van der Waals surface area contributed by atoms with Crippen LogP contribution in [0.25, 0.3) is 0 Å². The molecule has 1 aliphatic heterocycles. The van der Waals surface area contributed by atoms with E-state index < -0.39 is 17.1 Å². The SMILES string of the molecule is O=c1[nH]c(=O)n([N+]2=NP2)cc1F. The summed E-state index contributed by atoms with van der Waals surface area (Å²) in [5, 5.41) is 0. The summed E-state index contributed by atoms with van der Waals surface area (Å²) in [5.41, 5.74) is -1.70. The van der Waals surface area contributed by atoms with E-state index in [0.29, 0.717) is 0 Å². The van der Waals surface area contributed by atoms with Gasteiger partial charge in [-0.15, -0.1) is 0 Å². The Kier molecular flexibility index (Phi) is 1.41. The van der Waals surface area contributed by atoms with E-state index in [4.69, 9.17) is 0 Å². The van der Waals surface area contributed by atoms with Crippen LogP contribution in [0.4, 0.5) is 4.39 Å². The van der Waals surface area contributed by atoms with Gasteiger partial charge in [0.25, 0.3) is 5.56 Å². The van der Waals surface area contributed by atoms with Crippen LogP contribution in [0.1, 0.15) is 0 Å². The fraction of sp³-hybridized carbons (Fsp3) is 0. The van der Waals surface area contributed by atoms with Crippen molar-refractivity contribution in [2.75, 3.05) is 0 Å². The van der Waals surface area contributed by atoms with Crippen molar-refractivity contribution in [2.45, 2.75) is 0 Å². The Morgan fingerprint density at radius 2 is 2.33 bits per heavy atom. The van der Waals surface area contributed by atoms with Crippen molar-refractivity contribution in [2.24, 2.45) is 4.88 Å². The van der Waals surface area contributed by atoms with Gasteiger partial charge in [-0.2, -0.15) is 4.39 Å². The first-order valence-electron chi connectivity index (χ1n) is 2.96. The summed E-state index contributed by atoms with van der Waals surface area (Å²) < 4.78 is 14.7. The second-order valence-corrected chi connectivity index (χ2v) is 2.87. The summed E-state index contributed by atoms with van der Waals surface area (Å²) in [7, 11) is 0.124. The third kappa shape index (κ3) is 1.08. The molecule has 2 heterocycles. The minimum atomic E-state index is -1.01. The summed E-state index contributed by atoms with van der Waals surface area (Å²) in [4.78, 5) is 26.9. The van der Waals surface area contributed by atoms with Gasteiger partial charge in [-0.1, -0.05) is 0 Å². The van der Waals surface area contributed by atoms with E-state index in [1.54, 1.807) is 0 Å². The lowest BCUT2D eigenvalue weighted by Gasteiger charge is -1.87. The molecule has 1 N–H and O–H groups in total. The molecule has 0 spiro atoms. The zero-order valence-corrected chi connectivity index (χ0v) is 6.61. The Morgan fingerprint density at radius 3 is 2.92 bits per heavy atom. The van der Waals surface area contributed by atoms with Crippen molar-refractivity contribution in [3.8, 4) is 0 Å². The molecule has 0 amide bonds. The lowest BCUT2D eigenvalue weighted by Crippen LogP contribution is -2.32. The van der Waals surface area contributed by atoms with Crippen molar-refractivity contribution in [3.63, 3.8) is 0 Å². The van der Waals surface area contributed by atoms with Crippen LogP contribution >= 0.6 is 8.88 Å². The third-order valence-electron chi connectivity index (χ3n) is 1.27. The number of aromatic nitrogens is 2. The largest absolute Gasteiger partial charge is 0.425 e. The van der Waals surface area contributed by atoms with Crippen molar-refractivity contribution in [1.29, 1.82) is 0 Å². The zero-order chi connectivity index (χ0) is 8.72. The Labute approximate surface area is 66.2 Å². The number of H-pyrrole nitrogens is 1. The van der Waals surface area contributed by atoms with Crippen molar-refractivity contribution in [1.82, 2.24) is 9.66 Å². The molecule has 8 heteroatoms. The topological polar surface area (TPSA) is 70.2 Å². The van der Waals surface area contributed by atoms with Gasteiger partial charge >= 0.3 is 14.6 Å². The van der Waals surface area contributed by atoms with Crippen molar-refractivity contribution < 1.29 is 8.97 Å². The van der Waals surface area contributed by atoms with Crippen molar-refractivity contribution >= 4 is 8.88 Å². The quantitative estimate of drug-likeness (QED) is 0.600. The molecule has 12 heavy (non-hydrogen) atoms. The molecule has 1 unspecified atom stereocenters. The predicted octanol–water partition coefficient (Wildman–Crippen LogP) is -0.574. The zero-order valence-electron chi connectivity index (χ0n) is 5.61. The normalized spacial score (nSPS) is 16.2. The number of hydrogen-bond donors (Lipinski definition) is 1. The molecule has 2 rings (SSSR count). The van der Waals surface area contributed by atoms with Gasteiger partial charge in [0.2, 0.25) is 5.82 Å². The summed E-state index contributed by atoms with van der Waals surface area (Å²) in [6.07, 6.45) is 0.810. The van der Waals surface area contributed by atoms with E-state index in [-0.39, 0.29) is 8.88 Å². The van der Waals surface area contributed by atoms with Crippen LogP contribution < -0.4 is 11.2 Å². The van der Waals surface area contributed by atoms with Crippen molar-refractivity contribution in [3.05, 3.63) is 32.9 Å². The maximum Gasteiger partial charge on any atom is 0.425 e. The van der Waals surface area contributed by atoms with Crippen LogP contribution in [0.15, 0.2) is 20.7 Å². The molecule has 1 aromatic rings. The molecular formula is C4H3FN4O2P+. The van der Waals surface area contributed by atoms with E-state index in [1.165, 1.54) is 4.58 Å². The maximum absolute atomic E-state index is 12.6. The van der Waals surface area contributed by atoms with Crippen LogP contribution in [0.5, 0.6) is 0 Å². The molecule has 62 valence electrons. The molecular weight excluding hydrogens is 186 g/mol. The molecule has 0 fully saturated rings. The second kappa shape index (κ2) is 2.31. The lowest BCUT2D eigenvalue weighted by molar-refractivity contribution is -0.440. The summed E-state index contributed by atoms with van der Waals surface area (Å²) in [6.45, 7) is 0. The minimum absolute atomic E-state index is 0.124. The van der Waals surface area contributed by atoms with Gasteiger partial charge in [-0.25, -0.2) is 4.79 Å². The van der Waals surface area contributed by atoms with Gasteiger partial charge in [-0.05, 0) is 4.68 Å². The van der Waals surface area contributed by atoms with E-state index in [9.17, 15) is 14.0 Å². The molecule has 0 radical (unpaired) electrons. The molecule has 1 atom stereocenters.